The zero-order valence-corrected chi connectivity index (χ0v) is 18.7. The molecule has 1 heterocycles. The van der Waals surface area contributed by atoms with Crippen molar-refractivity contribution in [3.8, 4) is 22.3 Å². The van der Waals surface area contributed by atoms with E-state index in [1.165, 1.54) is 53.6 Å². The van der Waals surface area contributed by atoms with Crippen LogP contribution in [0.25, 0.3) is 42.4 Å². The largest absolute Gasteiger partial charge is 0.134 e. The Bertz CT molecular complexity index is 1420. The highest BCUT2D eigenvalue weighted by atomic mass is 79.9. The van der Waals surface area contributed by atoms with Gasteiger partial charge in [0.25, 0.3) is 0 Å². The minimum absolute atomic E-state index is 0.0465. The van der Waals surface area contributed by atoms with Gasteiger partial charge in [-0.05, 0) is 39.9 Å². The lowest BCUT2D eigenvalue weighted by molar-refractivity contribution is 0.661. The molecule has 0 saturated heterocycles. The molecule has 0 nitrogen and oxygen atoms in total. The molecule has 0 saturated carbocycles. The Labute approximate surface area is 183 Å². The van der Waals surface area contributed by atoms with E-state index in [9.17, 15) is 0 Å². The van der Waals surface area contributed by atoms with Crippen molar-refractivity contribution in [3.05, 3.63) is 94.5 Å². The van der Waals surface area contributed by atoms with Crippen LogP contribution in [0.4, 0.5) is 0 Å². The molecule has 0 spiro atoms. The topological polar surface area (TPSA) is 0 Å². The van der Waals surface area contributed by atoms with E-state index in [1.807, 2.05) is 11.3 Å². The molecule has 0 N–H and O–H groups in total. The van der Waals surface area contributed by atoms with Gasteiger partial charge in [0.1, 0.15) is 0 Å². The molecule has 1 aliphatic carbocycles. The van der Waals surface area contributed by atoms with Crippen LogP contribution in [-0.2, 0) is 5.41 Å². The highest BCUT2D eigenvalue weighted by Gasteiger charge is 2.36. The number of hydrogen-bond donors (Lipinski definition) is 0. The molecule has 140 valence electrons. The number of halogens is 1. The minimum Gasteiger partial charge on any atom is -0.134 e. The fraction of sp³-hybridized carbons (Fsp3) is 0.111. The summed E-state index contributed by atoms with van der Waals surface area (Å²) in [7, 11) is 0. The van der Waals surface area contributed by atoms with Crippen LogP contribution in [0.1, 0.15) is 25.0 Å². The van der Waals surface area contributed by atoms with Gasteiger partial charge >= 0.3 is 0 Å². The van der Waals surface area contributed by atoms with E-state index >= 15 is 0 Å². The Hall–Kier alpha value is -2.42. The minimum atomic E-state index is 0.0465. The van der Waals surface area contributed by atoms with E-state index in [1.54, 1.807) is 0 Å². The van der Waals surface area contributed by atoms with Gasteiger partial charge in [0.2, 0.25) is 0 Å². The SMILES string of the molecule is CC1(C)c2ccccc2-c2c1ccc1c2sc2c(-c3ccc(Br)cc3)cccc21. The van der Waals surface area contributed by atoms with Crippen molar-refractivity contribution in [2.24, 2.45) is 0 Å². The second-order valence-corrected chi connectivity index (χ2v) is 10.3. The molecular formula is C27H19BrS. The van der Waals surface area contributed by atoms with Crippen LogP contribution in [0.15, 0.2) is 83.3 Å². The van der Waals surface area contributed by atoms with Gasteiger partial charge in [-0.15, -0.1) is 11.3 Å². The lowest BCUT2D eigenvalue weighted by Gasteiger charge is -2.21. The van der Waals surface area contributed by atoms with E-state index in [4.69, 9.17) is 0 Å². The molecule has 0 aliphatic heterocycles. The highest BCUT2D eigenvalue weighted by Crippen LogP contribution is 2.54. The van der Waals surface area contributed by atoms with Gasteiger partial charge < -0.3 is 0 Å². The van der Waals surface area contributed by atoms with Crippen LogP contribution in [0.3, 0.4) is 0 Å². The molecule has 1 aliphatic rings. The van der Waals surface area contributed by atoms with Crippen LogP contribution in [0.2, 0.25) is 0 Å². The molecule has 0 amide bonds. The van der Waals surface area contributed by atoms with Gasteiger partial charge in [-0.1, -0.05) is 96.5 Å². The Morgan fingerprint density at radius 1 is 0.655 bits per heavy atom. The molecule has 0 radical (unpaired) electrons. The van der Waals surface area contributed by atoms with Crippen molar-refractivity contribution < 1.29 is 0 Å². The number of hydrogen-bond acceptors (Lipinski definition) is 1. The molecule has 0 fully saturated rings. The van der Waals surface area contributed by atoms with E-state index in [2.05, 4.69) is 109 Å². The van der Waals surface area contributed by atoms with E-state index in [0.29, 0.717) is 0 Å². The second-order valence-electron chi connectivity index (χ2n) is 8.33. The van der Waals surface area contributed by atoms with Crippen molar-refractivity contribution in [3.63, 3.8) is 0 Å². The van der Waals surface area contributed by atoms with Crippen molar-refractivity contribution in [1.82, 2.24) is 0 Å². The third-order valence-electron chi connectivity index (χ3n) is 6.37. The van der Waals surface area contributed by atoms with Gasteiger partial charge in [-0.25, -0.2) is 0 Å². The maximum absolute atomic E-state index is 3.56. The average Bonchev–Trinajstić information content (AvgIpc) is 3.22. The summed E-state index contributed by atoms with van der Waals surface area (Å²) >= 11 is 5.50. The first-order valence-corrected chi connectivity index (χ1v) is 11.5. The zero-order chi connectivity index (χ0) is 19.8. The van der Waals surface area contributed by atoms with Crippen molar-refractivity contribution in [2.45, 2.75) is 19.3 Å². The molecule has 29 heavy (non-hydrogen) atoms. The summed E-state index contributed by atoms with van der Waals surface area (Å²) in [4.78, 5) is 0. The van der Waals surface area contributed by atoms with Gasteiger partial charge in [-0.2, -0.15) is 0 Å². The van der Waals surface area contributed by atoms with Crippen molar-refractivity contribution in [1.29, 1.82) is 0 Å². The monoisotopic (exact) mass is 454 g/mol. The predicted molar refractivity (Wildman–Crippen MR) is 130 cm³/mol. The first kappa shape index (κ1) is 17.4. The second kappa shape index (κ2) is 6.04. The highest BCUT2D eigenvalue weighted by molar-refractivity contribution is 9.10. The Morgan fingerprint density at radius 3 is 2.21 bits per heavy atom. The number of fused-ring (bicyclic) bond motifs is 7. The molecular weight excluding hydrogens is 436 g/mol. The van der Waals surface area contributed by atoms with Gasteiger partial charge in [0, 0.05) is 35.6 Å². The molecule has 0 unspecified atom stereocenters. The summed E-state index contributed by atoms with van der Waals surface area (Å²) < 4.78 is 3.90. The fourth-order valence-electron chi connectivity index (χ4n) is 4.90. The average molecular weight is 455 g/mol. The van der Waals surface area contributed by atoms with E-state index < -0.39 is 0 Å². The van der Waals surface area contributed by atoms with Crippen LogP contribution >= 0.6 is 27.3 Å². The summed E-state index contributed by atoms with van der Waals surface area (Å²) in [6, 6.07) is 29.0. The molecule has 1 aromatic heterocycles. The summed E-state index contributed by atoms with van der Waals surface area (Å²) in [5.74, 6) is 0. The van der Waals surface area contributed by atoms with Gasteiger partial charge in [0.15, 0.2) is 0 Å². The lowest BCUT2D eigenvalue weighted by Crippen LogP contribution is -2.14. The summed E-state index contributed by atoms with van der Waals surface area (Å²) in [5.41, 5.74) is 8.35. The Kier molecular flexibility index (Phi) is 3.63. The van der Waals surface area contributed by atoms with Gasteiger partial charge in [-0.3, -0.25) is 0 Å². The molecule has 0 atom stereocenters. The third kappa shape index (κ3) is 2.36. The summed E-state index contributed by atoms with van der Waals surface area (Å²) in [6.07, 6.45) is 0. The number of benzene rings is 4. The molecule has 2 heteroatoms. The summed E-state index contributed by atoms with van der Waals surface area (Å²) in [5, 5.41) is 2.73. The van der Waals surface area contributed by atoms with Gasteiger partial charge in [0.05, 0.1) is 0 Å². The van der Waals surface area contributed by atoms with Crippen molar-refractivity contribution >= 4 is 47.4 Å². The fourth-order valence-corrected chi connectivity index (χ4v) is 6.56. The van der Waals surface area contributed by atoms with Crippen LogP contribution in [0, 0.1) is 0 Å². The first-order chi connectivity index (χ1) is 14.1. The smallest absolute Gasteiger partial charge is 0.0437 e. The number of rotatable bonds is 1. The Morgan fingerprint density at radius 2 is 1.38 bits per heavy atom. The van der Waals surface area contributed by atoms with Crippen LogP contribution in [0.5, 0.6) is 0 Å². The first-order valence-electron chi connectivity index (χ1n) is 9.90. The third-order valence-corrected chi connectivity index (χ3v) is 8.17. The zero-order valence-electron chi connectivity index (χ0n) is 16.3. The quantitative estimate of drug-likeness (QED) is 0.237. The van der Waals surface area contributed by atoms with Crippen LogP contribution < -0.4 is 0 Å². The maximum Gasteiger partial charge on any atom is 0.0437 e. The normalized spacial score (nSPS) is 14.3. The molecule has 5 aromatic rings. The Balaban J connectivity index is 1.72. The maximum atomic E-state index is 3.56. The van der Waals surface area contributed by atoms with E-state index in [0.717, 1.165) is 4.47 Å². The standard InChI is InChI=1S/C27H19BrS/c1-27(2)22-9-4-3-6-21(22)24-23(27)15-14-20-19-8-5-7-18(25(19)29-26(20)24)16-10-12-17(28)13-11-16/h3-15H,1-2H3. The summed E-state index contributed by atoms with van der Waals surface area (Å²) in [6.45, 7) is 4.70. The van der Waals surface area contributed by atoms with Crippen LogP contribution in [-0.4, -0.2) is 0 Å². The number of thiophene rings is 1. The molecule has 4 aromatic carbocycles. The molecule has 0 bridgehead atoms. The molecule has 6 rings (SSSR count). The predicted octanol–water partition coefficient (Wildman–Crippen LogP) is 8.79. The van der Waals surface area contributed by atoms with E-state index in [-0.39, 0.29) is 5.41 Å². The lowest BCUT2D eigenvalue weighted by atomic mass is 9.82. The van der Waals surface area contributed by atoms with Crippen molar-refractivity contribution in [2.75, 3.05) is 0 Å².